The van der Waals surface area contributed by atoms with Gasteiger partial charge in [0, 0.05) is 13.1 Å². The Morgan fingerprint density at radius 3 is 2.44 bits per heavy atom. The normalized spacial score (nSPS) is 24.1. The number of rotatable bonds is 2. The van der Waals surface area contributed by atoms with Crippen molar-refractivity contribution >= 4 is 11.3 Å². The molecule has 2 nitrogen and oxygen atoms in total. The molecule has 2 unspecified atom stereocenters. The van der Waals surface area contributed by atoms with E-state index in [4.69, 9.17) is 4.74 Å². The lowest BCUT2D eigenvalue weighted by Crippen LogP contribution is -2.45. The lowest BCUT2D eigenvalue weighted by molar-refractivity contribution is -0.00539. The van der Waals surface area contributed by atoms with E-state index in [1.54, 1.807) is 6.07 Å². The van der Waals surface area contributed by atoms with Gasteiger partial charge in [0.1, 0.15) is 5.82 Å². The molecule has 18 heavy (non-hydrogen) atoms. The van der Waals surface area contributed by atoms with Crippen molar-refractivity contribution in [1.29, 1.82) is 0 Å². The predicted octanol–water partition coefficient (Wildman–Crippen LogP) is 3.47. The van der Waals surface area contributed by atoms with Crippen LogP contribution < -0.4 is 4.90 Å². The summed E-state index contributed by atoms with van der Waals surface area (Å²) < 4.78 is 19.8. The molecule has 1 aliphatic heterocycles. The van der Waals surface area contributed by atoms with Gasteiger partial charge in [-0.05, 0) is 38.5 Å². The van der Waals surface area contributed by atoms with Crippen molar-refractivity contribution in [2.45, 2.75) is 33.0 Å². The van der Waals surface area contributed by atoms with Crippen molar-refractivity contribution in [3.63, 3.8) is 0 Å². The minimum absolute atomic E-state index is 0.133. The standard InChI is InChI=1S/C15H20FNO/c1-10(2)13-5-6-15(14(16)7-13)17-8-11(3)18-12(4)9-17/h5-7,11-12H,1,8-9H2,2-4H3. The zero-order valence-electron chi connectivity index (χ0n) is 11.2. The van der Waals surface area contributed by atoms with Gasteiger partial charge in [0.15, 0.2) is 0 Å². The van der Waals surface area contributed by atoms with E-state index in [0.717, 1.165) is 24.2 Å². The fraction of sp³-hybridized carbons (Fsp3) is 0.467. The maximum absolute atomic E-state index is 14.1. The molecule has 3 heteroatoms. The van der Waals surface area contributed by atoms with E-state index in [9.17, 15) is 4.39 Å². The summed E-state index contributed by atoms with van der Waals surface area (Å²) in [6.07, 6.45) is 0.267. The third-order valence-electron chi connectivity index (χ3n) is 3.20. The molecule has 98 valence electrons. The average molecular weight is 249 g/mol. The summed E-state index contributed by atoms with van der Waals surface area (Å²) in [5.74, 6) is -0.184. The van der Waals surface area contributed by atoms with E-state index < -0.39 is 0 Å². The topological polar surface area (TPSA) is 12.5 Å². The van der Waals surface area contributed by atoms with Crippen LogP contribution in [0.25, 0.3) is 5.57 Å². The van der Waals surface area contributed by atoms with Crippen LogP contribution in [-0.4, -0.2) is 25.3 Å². The van der Waals surface area contributed by atoms with Crippen LogP contribution in [-0.2, 0) is 4.74 Å². The van der Waals surface area contributed by atoms with Crippen LogP contribution in [0.15, 0.2) is 24.8 Å². The molecular weight excluding hydrogens is 229 g/mol. The number of halogens is 1. The molecular formula is C15H20FNO. The van der Waals surface area contributed by atoms with Crippen LogP contribution in [0.2, 0.25) is 0 Å². The van der Waals surface area contributed by atoms with Gasteiger partial charge in [-0.2, -0.15) is 0 Å². The fourth-order valence-electron chi connectivity index (χ4n) is 2.40. The number of nitrogens with zero attached hydrogens (tertiary/aromatic N) is 1. The summed E-state index contributed by atoms with van der Waals surface area (Å²) in [4.78, 5) is 2.05. The average Bonchev–Trinajstić information content (AvgIpc) is 2.27. The first-order valence-corrected chi connectivity index (χ1v) is 6.33. The lowest BCUT2D eigenvalue weighted by atomic mass is 10.1. The number of anilines is 1. The molecule has 1 aromatic carbocycles. The lowest BCUT2D eigenvalue weighted by Gasteiger charge is -2.37. The van der Waals surface area contributed by atoms with Crippen LogP contribution in [0.5, 0.6) is 0 Å². The number of hydrogen-bond acceptors (Lipinski definition) is 2. The van der Waals surface area contributed by atoms with Crippen LogP contribution in [0.1, 0.15) is 26.3 Å². The quantitative estimate of drug-likeness (QED) is 0.795. The maximum atomic E-state index is 14.1. The summed E-state index contributed by atoms with van der Waals surface area (Å²) in [6, 6.07) is 5.32. The number of morpholine rings is 1. The van der Waals surface area contributed by atoms with E-state index in [2.05, 4.69) is 11.5 Å². The first-order chi connectivity index (χ1) is 8.47. The van der Waals surface area contributed by atoms with Crippen molar-refractivity contribution in [3.8, 4) is 0 Å². The summed E-state index contributed by atoms with van der Waals surface area (Å²) >= 11 is 0. The molecule has 0 aromatic heterocycles. The number of hydrogen-bond donors (Lipinski definition) is 0. The smallest absolute Gasteiger partial charge is 0.147 e. The Hall–Kier alpha value is -1.35. The van der Waals surface area contributed by atoms with E-state index >= 15 is 0 Å². The van der Waals surface area contributed by atoms with Crippen molar-refractivity contribution in [2.24, 2.45) is 0 Å². The SMILES string of the molecule is C=C(C)c1ccc(N2CC(C)OC(C)C2)c(F)c1. The van der Waals surface area contributed by atoms with Gasteiger partial charge >= 0.3 is 0 Å². The Labute approximate surface area is 108 Å². The number of allylic oxidation sites excluding steroid dienone is 1. The molecule has 0 N–H and O–H groups in total. The number of ether oxygens (including phenoxy) is 1. The van der Waals surface area contributed by atoms with Gasteiger partial charge in [-0.15, -0.1) is 0 Å². The molecule has 1 saturated heterocycles. The van der Waals surface area contributed by atoms with Crippen molar-refractivity contribution < 1.29 is 9.13 Å². The zero-order chi connectivity index (χ0) is 13.3. The Kier molecular flexibility index (Phi) is 3.71. The summed E-state index contributed by atoms with van der Waals surface area (Å²) in [5.41, 5.74) is 2.39. The minimum Gasteiger partial charge on any atom is -0.372 e. The molecule has 0 bridgehead atoms. The molecule has 1 aliphatic rings. The highest BCUT2D eigenvalue weighted by atomic mass is 19.1. The molecule has 0 aliphatic carbocycles. The van der Waals surface area contributed by atoms with Gasteiger partial charge < -0.3 is 9.64 Å². The van der Waals surface area contributed by atoms with Gasteiger partial charge in [-0.25, -0.2) is 4.39 Å². The van der Waals surface area contributed by atoms with Gasteiger partial charge in [-0.3, -0.25) is 0 Å². The largest absolute Gasteiger partial charge is 0.372 e. The third kappa shape index (κ3) is 2.72. The van der Waals surface area contributed by atoms with Crippen LogP contribution >= 0.6 is 0 Å². The summed E-state index contributed by atoms with van der Waals surface area (Å²) in [5, 5.41) is 0. The summed E-state index contributed by atoms with van der Waals surface area (Å²) in [7, 11) is 0. The predicted molar refractivity (Wildman–Crippen MR) is 73.3 cm³/mol. The van der Waals surface area contributed by atoms with Crippen LogP contribution in [0.3, 0.4) is 0 Å². The zero-order valence-corrected chi connectivity index (χ0v) is 11.2. The number of benzene rings is 1. The van der Waals surface area contributed by atoms with Crippen LogP contribution in [0.4, 0.5) is 10.1 Å². The molecule has 1 fully saturated rings. The van der Waals surface area contributed by atoms with Crippen molar-refractivity contribution in [1.82, 2.24) is 0 Å². The molecule has 2 rings (SSSR count). The molecule has 1 heterocycles. The second-order valence-corrected chi connectivity index (χ2v) is 5.11. The molecule has 2 atom stereocenters. The highest BCUT2D eigenvalue weighted by Gasteiger charge is 2.24. The fourth-order valence-corrected chi connectivity index (χ4v) is 2.40. The first-order valence-electron chi connectivity index (χ1n) is 6.33. The van der Waals surface area contributed by atoms with Gasteiger partial charge in [-0.1, -0.05) is 18.2 Å². The highest BCUT2D eigenvalue weighted by molar-refractivity contribution is 5.64. The Bertz CT molecular complexity index is 448. The maximum Gasteiger partial charge on any atom is 0.147 e. The van der Waals surface area contributed by atoms with Gasteiger partial charge in [0.05, 0.1) is 17.9 Å². The Morgan fingerprint density at radius 1 is 1.33 bits per heavy atom. The molecule has 1 aromatic rings. The second-order valence-electron chi connectivity index (χ2n) is 5.11. The summed E-state index contributed by atoms with van der Waals surface area (Å²) in [6.45, 7) is 11.2. The minimum atomic E-state index is -0.184. The monoisotopic (exact) mass is 249 g/mol. The van der Waals surface area contributed by atoms with E-state index in [1.807, 2.05) is 32.9 Å². The first kappa shape index (κ1) is 13.1. The van der Waals surface area contributed by atoms with Gasteiger partial charge in [0.25, 0.3) is 0 Å². The van der Waals surface area contributed by atoms with Crippen molar-refractivity contribution in [3.05, 3.63) is 36.2 Å². The van der Waals surface area contributed by atoms with Crippen molar-refractivity contribution in [2.75, 3.05) is 18.0 Å². The van der Waals surface area contributed by atoms with E-state index in [0.29, 0.717) is 5.69 Å². The molecule has 0 spiro atoms. The van der Waals surface area contributed by atoms with E-state index in [1.165, 1.54) is 0 Å². The molecule has 0 radical (unpaired) electrons. The molecule has 0 saturated carbocycles. The van der Waals surface area contributed by atoms with Crippen LogP contribution in [0, 0.1) is 5.82 Å². The third-order valence-corrected chi connectivity index (χ3v) is 3.20. The Balaban J connectivity index is 2.25. The van der Waals surface area contributed by atoms with Gasteiger partial charge in [0.2, 0.25) is 0 Å². The van der Waals surface area contributed by atoms with E-state index in [-0.39, 0.29) is 18.0 Å². The Morgan fingerprint density at radius 2 is 1.94 bits per heavy atom. The highest BCUT2D eigenvalue weighted by Crippen LogP contribution is 2.26. The second kappa shape index (κ2) is 5.11. The molecule has 0 amide bonds.